The lowest BCUT2D eigenvalue weighted by Gasteiger charge is -2.15. The number of pyridine rings is 1. The van der Waals surface area contributed by atoms with Crippen LogP contribution in [0.25, 0.3) is 6.08 Å². The summed E-state index contributed by atoms with van der Waals surface area (Å²) in [6.45, 7) is 0.492. The van der Waals surface area contributed by atoms with E-state index in [2.05, 4.69) is 10.3 Å². The van der Waals surface area contributed by atoms with Gasteiger partial charge in [-0.3, -0.25) is 9.78 Å². The van der Waals surface area contributed by atoms with E-state index in [0.29, 0.717) is 12.1 Å². The average Bonchev–Trinajstić information content (AvgIpc) is 2.17. The van der Waals surface area contributed by atoms with Crippen molar-refractivity contribution in [3.05, 3.63) is 29.6 Å². The maximum absolute atomic E-state index is 10.9. The molecule has 13 heavy (non-hydrogen) atoms. The molecule has 0 fully saturated rings. The fraction of sp³-hybridized carbons (Fsp3) is 0.111. The molecule has 0 aliphatic carbocycles. The van der Waals surface area contributed by atoms with E-state index in [1.165, 1.54) is 0 Å². The minimum Gasteiger partial charge on any atom is -0.380 e. The van der Waals surface area contributed by atoms with Crippen LogP contribution >= 0.6 is 0 Å². The van der Waals surface area contributed by atoms with Crippen LogP contribution in [0.5, 0.6) is 0 Å². The Labute approximate surface area is 75.5 Å². The molecule has 4 nitrogen and oxygen atoms in total. The van der Waals surface area contributed by atoms with Crippen molar-refractivity contribution in [1.29, 1.82) is 0 Å². The second-order valence-electron chi connectivity index (χ2n) is 2.85. The van der Waals surface area contributed by atoms with Gasteiger partial charge in [0, 0.05) is 35.8 Å². The minimum absolute atomic E-state index is 0.387. The highest BCUT2D eigenvalue weighted by molar-refractivity contribution is 5.99. The van der Waals surface area contributed by atoms with Crippen LogP contribution in [0.1, 0.15) is 5.56 Å². The standard InChI is InChI=1S/C9H9N3O/c10-9(13)7-3-6-4-11-2-1-8(6)12-5-7/h1-4,12H,5H2,(H2,10,13). The van der Waals surface area contributed by atoms with E-state index in [4.69, 9.17) is 5.73 Å². The Morgan fingerprint density at radius 2 is 2.46 bits per heavy atom. The topological polar surface area (TPSA) is 68.0 Å². The monoisotopic (exact) mass is 175 g/mol. The third-order valence-corrected chi connectivity index (χ3v) is 1.97. The Bertz CT molecular complexity index is 384. The van der Waals surface area contributed by atoms with Crippen LogP contribution < -0.4 is 11.1 Å². The van der Waals surface area contributed by atoms with Crippen molar-refractivity contribution >= 4 is 17.7 Å². The molecule has 1 aromatic heterocycles. The Hall–Kier alpha value is -1.84. The molecule has 0 aromatic carbocycles. The van der Waals surface area contributed by atoms with E-state index in [1.807, 2.05) is 6.07 Å². The Morgan fingerprint density at radius 3 is 3.23 bits per heavy atom. The van der Waals surface area contributed by atoms with Gasteiger partial charge in [-0.25, -0.2) is 0 Å². The number of carbonyl (C=O) groups is 1. The van der Waals surface area contributed by atoms with E-state index in [-0.39, 0.29) is 5.91 Å². The van der Waals surface area contributed by atoms with E-state index in [0.717, 1.165) is 11.3 Å². The number of nitrogens with one attached hydrogen (secondary N) is 1. The van der Waals surface area contributed by atoms with Crippen LogP contribution in [-0.2, 0) is 4.79 Å². The van der Waals surface area contributed by atoms with E-state index >= 15 is 0 Å². The summed E-state index contributed by atoms with van der Waals surface area (Å²) in [5.41, 5.74) is 7.63. The largest absolute Gasteiger partial charge is 0.380 e. The molecule has 1 amide bonds. The number of primary amides is 1. The highest BCUT2D eigenvalue weighted by Gasteiger charge is 2.12. The van der Waals surface area contributed by atoms with Crippen molar-refractivity contribution in [2.75, 3.05) is 11.9 Å². The van der Waals surface area contributed by atoms with Gasteiger partial charge in [0.1, 0.15) is 0 Å². The molecule has 0 spiro atoms. The van der Waals surface area contributed by atoms with Gasteiger partial charge >= 0.3 is 0 Å². The van der Waals surface area contributed by atoms with E-state index in [9.17, 15) is 4.79 Å². The zero-order valence-corrected chi connectivity index (χ0v) is 6.95. The molecule has 2 rings (SSSR count). The van der Waals surface area contributed by atoms with Gasteiger partial charge in [-0.1, -0.05) is 0 Å². The van der Waals surface area contributed by atoms with Crippen molar-refractivity contribution in [2.45, 2.75) is 0 Å². The van der Waals surface area contributed by atoms with Gasteiger partial charge in [0.05, 0.1) is 0 Å². The van der Waals surface area contributed by atoms with Crippen LogP contribution in [0.2, 0.25) is 0 Å². The van der Waals surface area contributed by atoms with Crippen LogP contribution in [0, 0.1) is 0 Å². The quantitative estimate of drug-likeness (QED) is 0.648. The second kappa shape index (κ2) is 2.90. The van der Waals surface area contributed by atoms with E-state index in [1.54, 1.807) is 18.5 Å². The van der Waals surface area contributed by atoms with Gasteiger partial charge in [-0.05, 0) is 12.1 Å². The number of amides is 1. The summed E-state index contributed by atoms with van der Waals surface area (Å²) < 4.78 is 0. The molecule has 66 valence electrons. The van der Waals surface area contributed by atoms with Gasteiger partial charge in [0.25, 0.3) is 0 Å². The predicted octanol–water partition coefficient (Wildman–Crippen LogP) is 0.376. The zero-order valence-electron chi connectivity index (χ0n) is 6.95. The first-order chi connectivity index (χ1) is 6.27. The lowest BCUT2D eigenvalue weighted by molar-refractivity contribution is -0.114. The first kappa shape index (κ1) is 7.79. The molecule has 3 N–H and O–H groups in total. The number of hydrogen-bond donors (Lipinski definition) is 2. The molecule has 4 heteroatoms. The normalized spacial score (nSPS) is 14.0. The number of fused-ring (bicyclic) bond motifs is 1. The molecule has 0 saturated carbocycles. The lowest BCUT2D eigenvalue weighted by Crippen LogP contribution is -2.22. The van der Waals surface area contributed by atoms with Gasteiger partial charge in [0.2, 0.25) is 5.91 Å². The third kappa shape index (κ3) is 1.38. The molecule has 0 radical (unpaired) electrons. The number of rotatable bonds is 1. The summed E-state index contributed by atoms with van der Waals surface area (Å²) in [6.07, 6.45) is 5.17. The van der Waals surface area contributed by atoms with E-state index < -0.39 is 0 Å². The van der Waals surface area contributed by atoms with Crippen LogP contribution in [0.3, 0.4) is 0 Å². The zero-order chi connectivity index (χ0) is 9.26. The van der Waals surface area contributed by atoms with Crippen LogP contribution in [-0.4, -0.2) is 17.4 Å². The van der Waals surface area contributed by atoms with Gasteiger partial charge in [-0.15, -0.1) is 0 Å². The average molecular weight is 175 g/mol. The molecule has 0 atom stereocenters. The minimum atomic E-state index is -0.387. The molecule has 0 saturated heterocycles. The molecule has 2 heterocycles. The number of hydrogen-bond acceptors (Lipinski definition) is 3. The van der Waals surface area contributed by atoms with Gasteiger partial charge < -0.3 is 11.1 Å². The Kier molecular flexibility index (Phi) is 1.73. The predicted molar refractivity (Wildman–Crippen MR) is 49.9 cm³/mol. The lowest BCUT2D eigenvalue weighted by atomic mass is 10.1. The number of aromatic nitrogens is 1. The first-order valence-corrected chi connectivity index (χ1v) is 3.95. The fourth-order valence-corrected chi connectivity index (χ4v) is 1.27. The molecular formula is C9H9N3O. The fourth-order valence-electron chi connectivity index (χ4n) is 1.27. The molecule has 1 aromatic rings. The molecular weight excluding hydrogens is 166 g/mol. The van der Waals surface area contributed by atoms with Gasteiger partial charge in [0.15, 0.2) is 0 Å². The van der Waals surface area contributed by atoms with Gasteiger partial charge in [-0.2, -0.15) is 0 Å². The summed E-state index contributed by atoms with van der Waals surface area (Å²) in [4.78, 5) is 14.8. The maximum atomic E-state index is 10.9. The number of nitrogens with two attached hydrogens (primary N) is 1. The molecule has 1 aliphatic rings. The first-order valence-electron chi connectivity index (χ1n) is 3.95. The Balaban J connectivity index is 2.44. The van der Waals surface area contributed by atoms with Crippen molar-refractivity contribution in [1.82, 2.24) is 4.98 Å². The summed E-state index contributed by atoms with van der Waals surface area (Å²) in [6, 6.07) is 1.86. The van der Waals surface area contributed by atoms with Crippen molar-refractivity contribution in [3.8, 4) is 0 Å². The number of nitrogens with zero attached hydrogens (tertiary/aromatic N) is 1. The summed E-state index contributed by atoms with van der Waals surface area (Å²) in [5, 5.41) is 3.08. The number of anilines is 1. The van der Waals surface area contributed by atoms with Crippen molar-refractivity contribution < 1.29 is 4.79 Å². The molecule has 1 aliphatic heterocycles. The van der Waals surface area contributed by atoms with Crippen molar-refractivity contribution in [2.24, 2.45) is 5.73 Å². The number of carbonyl (C=O) groups excluding carboxylic acids is 1. The van der Waals surface area contributed by atoms with Crippen molar-refractivity contribution in [3.63, 3.8) is 0 Å². The second-order valence-corrected chi connectivity index (χ2v) is 2.85. The maximum Gasteiger partial charge on any atom is 0.246 e. The Morgan fingerprint density at radius 1 is 1.62 bits per heavy atom. The molecule has 0 unspecified atom stereocenters. The third-order valence-electron chi connectivity index (χ3n) is 1.97. The smallest absolute Gasteiger partial charge is 0.246 e. The SMILES string of the molecule is NC(=O)C1=Cc2cnccc2NC1. The summed E-state index contributed by atoms with van der Waals surface area (Å²) >= 11 is 0. The highest BCUT2D eigenvalue weighted by Crippen LogP contribution is 2.21. The highest BCUT2D eigenvalue weighted by atomic mass is 16.1. The van der Waals surface area contributed by atoms with Crippen LogP contribution in [0.4, 0.5) is 5.69 Å². The molecule has 0 bridgehead atoms. The van der Waals surface area contributed by atoms with Crippen LogP contribution in [0.15, 0.2) is 24.0 Å². The summed E-state index contributed by atoms with van der Waals surface area (Å²) in [7, 11) is 0. The summed E-state index contributed by atoms with van der Waals surface area (Å²) in [5.74, 6) is -0.387.